The lowest BCUT2D eigenvalue weighted by Crippen LogP contribution is -2.56. The highest BCUT2D eigenvalue weighted by Gasteiger charge is 2.33. The van der Waals surface area contributed by atoms with Crippen molar-refractivity contribution in [1.82, 2.24) is 15.1 Å². The molecule has 1 fully saturated rings. The van der Waals surface area contributed by atoms with Gasteiger partial charge in [0.05, 0.1) is 12.5 Å². The summed E-state index contributed by atoms with van der Waals surface area (Å²) in [6.45, 7) is 12.2. The summed E-state index contributed by atoms with van der Waals surface area (Å²) in [6.07, 6.45) is 0.261. The van der Waals surface area contributed by atoms with E-state index >= 15 is 0 Å². The van der Waals surface area contributed by atoms with Crippen molar-refractivity contribution in [1.29, 1.82) is 0 Å². The lowest BCUT2D eigenvalue weighted by atomic mass is 10.1. The molecular weight excluding hydrogens is 334 g/mol. The zero-order valence-electron chi connectivity index (χ0n) is 15.8. The smallest absolute Gasteiger partial charge is 0.237 e. The van der Waals surface area contributed by atoms with Crippen LogP contribution in [0.25, 0.3) is 0 Å². The fourth-order valence-corrected chi connectivity index (χ4v) is 3.96. The molecule has 0 radical (unpaired) electrons. The Labute approximate surface area is 155 Å². The van der Waals surface area contributed by atoms with E-state index in [9.17, 15) is 9.59 Å². The highest BCUT2D eigenvalue weighted by molar-refractivity contribution is 7.09. The summed E-state index contributed by atoms with van der Waals surface area (Å²) < 4.78 is 0. The largest absolute Gasteiger partial charge is 0.353 e. The molecule has 0 saturated carbocycles. The van der Waals surface area contributed by atoms with Crippen molar-refractivity contribution in [2.24, 2.45) is 11.8 Å². The Morgan fingerprint density at radius 1 is 1.32 bits per heavy atom. The normalized spacial score (nSPS) is 18.6. The minimum atomic E-state index is -0.370. The molecule has 1 aromatic heterocycles. The molecule has 1 aromatic rings. The molecule has 2 amide bonds. The summed E-state index contributed by atoms with van der Waals surface area (Å²) in [7, 11) is 0. The van der Waals surface area contributed by atoms with Gasteiger partial charge in [0, 0.05) is 37.6 Å². The second kappa shape index (κ2) is 9.34. The molecule has 1 saturated heterocycles. The summed E-state index contributed by atoms with van der Waals surface area (Å²) in [5.74, 6) is 0.904. The second-order valence-corrected chi connectivity index (χ2v) is 8.68. The van der Waals surface area contributed by atoms with Gasteiger partial charge >= 0.3 is 0 Å². The van der Waals surface area contributed by atoms with Gasteiger partial charge in [-0.05, 0) is 23.3 Å². The monoisotopic (exact) mass is 365 g/mol. The Kier molecular flexibility index (Phi) is 7.44. The maximum absolute atomic E-state index is 12.9. The van der Waals surface area contributed by atoms with E-state index in [1.165, 1.54) is 4.88 Å². The predicted octanol–water partition coefficient (Wildman–Crippen LogP) is 2.58. The van der Waals surface area contributed by atoms with Crippen LogP contribution in [-0.2, 0) is 16.1 Å². The van der Waals surface area contributed by atoms with Crippen LogP contribution in [-0.4, -0.2) is 53.8 Å². The highest BCUT2D eigenvalue weighted by Crippen LogP contribution is 2.18. The fourth-order valence-electron chi connectivity index (χ4n) is 3.23. The maximum atomic E-state index is 12.9. The van der Waals surface area contributed by atoms with Crippen molar-refractivity contribution in [2.75, 3.05) is 26.2 Å². The van der Waals surface area contributed by atoms with Crippen LogP contribution in [0.4, 0.5) is 0 Å². The zero-order chi connectivity index (χ0) is 18.4. The third-order valence-corrected chi connectivity index (χ3v) is 5.13. The van der Waals surface area contributed by atoms with Crippen LogP contribution in [0.3, 0.4) is 0 Å². The van der Waals surface area contributed by atoms with Crippen LogP contribution in [0.15, 0.2) is 17.5 Å². The fraction of sp³-hybridized carbons (Fsp3) is 0.684. The van der Waals surface area contributed by atoms with Gasteiger partial charge in [-0.25, -0.2) is 0 Å². The number of hydrogen-bond donors (Lipinski definition) is 1. The van der Waals surface area contributed by atoms with Gasteiger partial charge in [0.15, 0.2) is 0 Å². The molecule has 140 valence electrons. The average molecular weight is 366 g/mol. The molecule has 1 aliphatic heterocycles. The zero-order valence-corrected chi connectivity index (χ0v) is 16.6. The molecular formula is C19H31N3O2S. The van der Waals surface area contributed by atoms with E-state index in [-0.39, 0.29) is 24.3 Å². The van der Waals surface area contributed by atoms with Crippen molar-refractivity contribution < 1.29 is 9.59 Å². The minimum Gasteiger partial charge on any atom is -0.353 e. The molecule has 2 rings (SSSR count). The SMILES string of the molecule is CC(C)CN(CC(C)C)C(=O)CC1C(=O)NCCN1Cc1cccs1. The molecule has 0 spiro atoms. The first kappa shape index (κ1) is 19.9. The Morgan fingerprint density at radius 2 is 2.00 bits per heavy atom. The third kappa shape index (κ3) is 6.12. The number of thiophene rings is 1. The van der Waals surface area contributed by atoms with Crippen LogP contribution in [0.5, 0.6) is 0 Å². The molecule has 5 nitrogen and oxygen atoms in total. The standard InChI is InChI=1S/C19H31N3O2S/c1-14(2)11-22(12-15(3)4)18(23)10-17-19(24)20-7-8-21(17)13-16-6-5-9-25-16/h5-6,9,14-15,17H,7-8,10-13H2,1-4H3,(H,20,24). The van der Waals surface area contributed by atoms with Gasteiger partial charge in [0.25, 0.3) is 0 Å². The van der Waals surface area contributed by atoms with Gasteiger partial charge < -0.3 is 10.2 Å². The first-order valence-electron chi connectivity index (χ1n) is 9.18. The molecule has 2 heterocycles. The molecule has 0 aromatic carbocycles. The number of carbonyl (C=O) groups excluding carboxylic acids is 2. The molecule has 1 aliphatic rings. The Hall–Kier alpha value is -1.40. The van der Waals surface area contributed by atoms with E-state index in [1.807, 2.05) is 16.3 Å². The summed E-state index contributed by atoms with van der Waals surface area (Å²) >= 11 is 1.69. The molecule has 0 bridgehead atoms. The van der Waals surface area contributed by atoms with Crippen molar-refractivity contribution in [3.8, 4) is 0 Å². The van der Waals surface area contributed by atoms with Crippen molar-refractivity contribution in [3.05, 3.63) is 22.4 Å². The molecule has 0 aliphatic carbocycles. The summed E-state index contributed by atoms with van der Waals surface area (Å²) in [5, 5.41) is 4.97. The quantitative estimate of drug-likeness (QED) is 0.770. The van der Waals surface area contributed by atoms with Crippen LogP contribution < -0.4 is 5.32 Å². The number of piperazine rings is 1. The van der Waals surface area contributed by atoms with Gasteiger partial charge in [-0.3, -0.25) is 14.5 Å². The Balaban J connectivity index is 2.06. The van der Waals surface area contributed by atoms with Crippen molar-refractivity contribution in [3.63, 3.8) is 0 Å². The van der Waals surface area contributed by atoms with E-state index in [0.717, 1.165) is 26.2 Å². The van der Waals surface area contributed by atoms with Crippen molar-refractivity contribution in [2.45, 2.75) is 46.7 Å². The summed E-state index contributed by atoms with van der Waals surface area (Å²) in [4.78, 5) is 30.6. The number of amides is 2. The van der Waals surface area contributed by atoms with E-state index in [2.05, 4.69) is 44.0 Å². The van der Waals surface area contributed by atoms with Gasteiger partial charge in [-0.2, -0.15) is 0 Å². The molecule has 6 heteroatoms. The second-order valence-electron chi connectivity index (χ2n) is 7.65. The van der Waals surface area contributed by atoms with Gasteiger partial charge in [-0.15, -0.1) is 11.3 Å². The van der Waals surface area contributed by atoms with E-state index < -0.39 is 0 Å². The van der Waals surface area contributed by atoms with E-state index in [1.54, 1.807) is 11.3 Å². The lowest BCUT2D eigenvalue weighted by molar-refractivity contribution is -0.139. The average Bonchev–Trinajstić information content (AvgIpc) is 3.02. The lowest BCUT2D eigenvalue weighted by Gasteiger charge is -2.36. The minimum absolute atomic E-state index is 0.0230. The molecule has 1 unspecified atom stereocenters. The first-order valence-corrected chi connectivity index (χ1v) is 10.1. The molecule has 25 heavy (non-hydrogen) atoms. The van der Waals surface area contributed by atoms with Crippen LogP contribution >= 0.6 is 11.3 Å². The summed E-state index contributed by atoms with van der Waals surface area (Å²) in [5.41, 5.74) is 0. The first-order chi connectivity index (χ1) is 11.9. The highest BCUT2D eigenvalue weighted by atomic mass is 32.1. The van der Waals surface area contributed by atoms with Crippen molar-refractivity contribution >= 4 is 23.2 Å². The maximum Gasteiger partial charge on any atom is 0.237 e. The molecule has 1 atom stereocenters. The number of nitrogens with zero attached hydrogens (tertiary/aromatic N) is 2. The third-order valence-electron chi connectivity index (χ3n) is 4.27. The Morgan fingerprint density at radius 3 is 2.56 bits per heavy atom. The topological polar surface area (TPSA) is 52.7 Å². The van der Waals surface area contributed by atoms with Gasteiger partial charge in [0.2, 0.25) is 11.8 Å². The van der Waals surface area contributed by atoms with E-state index in [4.69, 9.17) is 0 Å². The number of hydrogen-bond acceptors (Lipinski definition) is 4. The van der Waals surface area contributed by atoms with Gasteiger partial charge in [-0.1, -0.05) is 33.8 Å². The number of carbonyl (C=O) groups is 2. The van der Waals surface area contributed by atoms with E-state index in [0.29, 0.717) is 18.4 Å². The Bertz CT molecular complexity index is 547. The number of rotatable bonds is 8. The summed E-state index contributed by atoms with van der Waals surface area (Å²) in [6, 6.07) is 3.74. The molecule has 1 N–H and O–H groups in total. The number of nitrogens with one attached hydrogen (secondary N) is 1. The van der Waals surface area contributed by atoms with Crippen LogP contribution in [0.2, 0.25) is 0 Å². The van der Waals surface area contributed by atoms with Gasteiger partial charge in [0.1, 0.15) is 0 Å². The predicted molar refractivity (Wildman–Crippen MR) is 102 cm³/mol. The van der Waals surface area contributed by atoms with Crippen LogP contribution in [0, 0.1) is 11.8 Å². The van der Waals surface area contributed by atoms with Crippen LogP contribution in [0.1, 0.15) is 39.0 Å².